The van der Waals surface area contributed by atoms with E-state index in [2.05, 4.69) is 42.0 Å². The molecule has 0 saturated heterocycles. The van der Waals surface area contributed by atoms with Crippen molar-refractivity contribution < 1.29 is 8.78 Å². The van der Waals surface area contributed by atoms with E-state index in [1.54, 1.807) is 6.07 Å². The van der Waals surface area contributed by atoms with Gasteiger partial charge in [-0.1, -0.05) is 33.3 Å². The number of nitrogens with one attached hydrogen (secondary N) is 1. The Morgan fingerprint density at radius 3 is 2.50 bits per heavy atom. The summed E-state index contributed by atoms with van der Waals surface area (Å²) < 4.78 is 27.0. The van der Waals surface area contributed by atoms with E-state index in [-0.39, 0.29) is 10.5 Å². The third-order valence-electron chi connectivity index (χ3n) is 3.23. The molecule has 102 valence electrons. The van der Waals surface area contributed by atoms with E-state index in [1.165, 1.54) is 6.07 Å². The molecule has 1 nitrogen and oxygen atoms in total. The highest BCUT2D eigenvalue weighted by molar-refractivity contribution is 9.10. The molecule has 0 aliphatic rings. The van der Waals surface area contributed by atoms with E-state index in [1.807, 2.05) is 0 Å². The largest absolute Gasteiger partial charge is 0.310 e. The molecule has 0 aliphatic carbocycles. The van der Waals surface area contributed by atoms with Crippen LogP contribution in [0.5, 0.6) is 0 Å². The Morgan fingerprint density at radius 2 is 1.94 bits per heavy atom. The molecule has 0 heterocycles. The molecule has 4 heteroatoms. The van der Waals surface area contributed by atoms with Crippen molar-refractivity contribution in [3.8, 4) is 0 Å². The van der Waals surface area contributed by atoms with Crippen molar-refractivity contribution >= 4 is 15.9 Å². The number of hydrogen-bond acceptors (Lipinski definition) is 1. The fourth-order valence-electron chi connectivity index (χ4n) is 1.93. The van der Waals surface area contributed by atoms with E-state index in [9.17, 15) is 8.78 Å². The monoisotopic (exact) mass is 319 g/mol. The van der Waals surface area contributed by atoms with E-state index >= 15 is 0 Å². The van der Waals surface area contributed by atoms with E-state index in [0.29, 0.717) is 5.92 Å². The summed E-state index contributed by atoms with van der Waals surface area (Å²) in [5.41, 5.74) is 0.789. The van der Waals surface area contributed by atoms with Crippen LogP contribution in [-0.4, -0.2) is 6.54 Å². The Labute approximate surface area is 116 Å². The third kappa shape index (κ3) is 3.51. The molecule has 0 spiro atoms. The standard InChI is InChI=1S/C14H20BrF2N/c1-4-8-18-14(9(3)5-2)10-6-7-11(16)13(17)12(10)15/h6-7,9,14,18H,4-5,8H2,1-3H3. The van der Waals surface area contributed by atoms with Crippen LogP contribution < -0.4 is 5.32 Å². The molecular formula is C14H20BrF2N. The van der Waals surface area contributed by atoms with Gasteiger partial charge in [0, 0.05) is 6.04 Å². The Kier molecular flexibility index (Phi) is 6.22. The summed E-state index contributed by atoms with van der Waals surface area (Å²) in [6, 6.07) is 2.89. The fourth-order valence-corrected chi connectivity index (χ4v) is 2.50. The van der Waals surface area contributed by atoms with E-state index in [0.717, 1.165) is 24.9 Å². The number of hydrogen-bond donors (Lipinski definition) is 1. The van der Waals surface area contributed by atoms with Gasteiger partial charge in [0.25, 0.3) is 0 Å². The van der Waals surface area contributed by atoms with Crippen molar-refractivity contribution in [3.05, 3.63) is 33.8 Å². The molecule has 18 heavy (non-hydrogen) atoms. The van der Waals surface area contributed by atoms with Crippen molar-refractivity contribution in [2.45, 2.75) is 39.7 Å². The smallest absolute Gasteiger partial charge is 0.173 e. The Morgan fingerprint density at radius 1 is 1.28 bits per heavy atom. The van der Waals surface area contributed by atoms with Crippen molar-refractivity contribution in [1.82, 2.24) is 5.32 Å². The van der Waals surface area contributed by atoms with Crippen LogP contribution >= 0.6 is 15.9 Å². The molecule has 1 aromatic rings. The predicted octanol–water partition coefficient (Wildman–Crippen LogP) is 4.81. The lowest BCUT2D eigenvalue weighted by molar-refractivity contribution is 0.373. The summed E-state index contributed by atoms with van der Waals surface area (Å²) in [4.78, 5) is 0. The van der Waals surface area contributed by atoms with Crippen molar-refractivity contribution in [2.75, 3.05) is 6.54 Å². The third-order valence-corrected chi connectivity index (χ3v) is 4.03. The van der Waals surface area contributed by atoms with Gasteiger partial charge in [-0.25, -0.2) is 8.78 Å². The molecule has 1 aromatic carbocycles. The minimum Gasteiger partial charge on any atom is -0.310 e. The zero-order valence-electron chi connectivity index (χ0n) is 11.1. The van der Waals surface area contributed by atoms with Gasteiger partial charge in [0.05, 0.1) is 4.47 Å². The molecule has 0 bridgehead atoms. The van der Waals surface area contributed by atoms with Gasteiger partial charge in [0.15, 0.2) is 11.6 Å². The van der Waals surface area contributed by atoms with Gasteiger partial charge >= 0.3 is 0 Å². The lowest BCUT2D eigenvalue weighted by atomic mass is 9.92. The van der Waals surface area contributed by atoms with Gasteiger partial charge < -0.3 is 5.32 Å². The summed E-state index contributed by atoms with van der Waals surface area (Å²) in [6.07, 6.45) is 1.99. The highest BCUT2D eigenvalue weighted by Gasteiger charge is 2.22. The average molecular weight is 320 g/mol. The Hall–Kier alpha value is -0.480. The maximum absolute atomic E-state index is 13.6. The van der Waals surface area contributed by atoms with E-state index < -0.39 is 11.6 Å². The van der Waals surface area contributed by atoms with Gasteiger partial charge in [0.2, 0.25) is 0 Å². The van der Waals surface area contributed by atoms with Crippen LogP contribution in [0.4, 0.5) is 8.78 Å². The second kappa shape index (κ2) is 7.19. The highest BCUT2D eigenvalue weighted by Crippen LogP contribution is 2.32. The second-order valence-corrected chi connectivity index (χ2v) is 5.37. The molecular weight excluding hydrogens is 300 g/mol. The molecule has 2 atom stereocenters. The minimum absolute atomic E-state index is 0.0411. The molecule has 0 aromatic heterocycles. The average Bonchev–Trinajstić information content (AvgIpc) is 2.38. The lowest BCUT2D eigenvalue weighted by Gasteiger charge is -2.26. The Bertz CT molecular complexity index is 396. The van der Waals surface area contributed by atoms with Crippen LogP contribution in [0.25, 0.3) is 0 Å². The van der Waals surface area contributed by atoms with Crippen molar-refractivity contribution in [2.24, 2.45) is 5.92 Å². The molecule has 1 N–H and O–H groups in total. The number of benzene rings is 1. The summed E-state index contributed by atoms with van der Waals surface area (Å²) in [7, 11) is 0. The van der Waals surface area contributed by atoms with Crippen LogP contribution in [0, 0.1) is 17.6 Å². The molecule has 0 amide bonds. The number of rotatable bonds is 6. The first-order valence-electron chi connectivity index (χ1n) is 6.39. The Balaban J connectivity index is 3.08. The molecule has 0 aliphatic heterocycles. The van der Waals surface area contributed by atoms with Crippen LogP contribution in [-0.2, 0) is 0 Å². The first kappa shape index (κ1) is 15.6. The quantitative estimate of drug-likeness (QED) is 0.742. The zero-order chi connectivity index (χ0) is 13.7. The predicted molar refractivity (Wildman–Crippen MR) is 74.5 cm³/mol. The summed E-state index contributed by atoms with van der Waals surface area (Å²) >= 11 is 3.17. The van der Waals surface area contributed by atoms with Crippen LogP contribution in [0.3, 0.4) is 0 Å². The van der Waals surface area contributed by atoms with Crippen molar-refractivity contribution in [1.29, 1.82) is 0 Å². The SMILES string of the molecule is CCCNC(c1ccc(F)c(F)c1Br)C(C)CC. The highest BCUT2D eigenvalue weighted by atomic mass is 79.9. The molecule has 1 rings (SSSR count). The molecule has 0 radical (unpaired) electrons. The maximum Gasteiger partial charge on any atom is 0.173 e. The van der Waals surface area contributed by atoms with Crippen LogP contribution in [0.15, 0.2) is 16.6 Å². The topological polar surface area (TPSA) is 12.0 Å². The summed E-state index contributed by atoms with van der Waals surface area (Å²) in [5, 5.41) is 3.40. The lowest BCUT2D eigenvalue weighted by Crippen LogP contribution is -2.28. The maximum atomic E-state index is 13.6. The molecule has 2 unspecified atom stereocenters. The van der Waals surface area contributed by atoms with Gasteiger partial charge in [-0.3, -0.25) is 0 Å². The van der Waals surface area contributed by atoms with E-state index in [4.69, 9.17) is 0 Å². The second-order valence-electron chi connectivity index (χ2n) is 4.58. The van der Waals surface area contributed by atoms with Gasteiger partial charge in [0.1, 0.15) is 0 Å². The van der Waals surface area contributed by atoms with Crippen LogP contribution in [0.2, 0.25) is 0 Å². The number of halogens is 3. The van der Waals surface area contributed by atoms with Gasteiger partial charge in [-0.05, 0) is 46.4 Å². The van der Waals surface area contributed by atoms with Crippen molar-refractivity contribution in [3.63, 3.8) is 0 Å². The molecule has 0 fully saturated rings. The normalized spacial score (nSPS) is 14.6. The van der Waals surface area contributed by atoms with Gasteiger partial charge in [-0.15, -0.1) is 0 Å². The minimum atomic E-state index is -0.816. The zero-order valence-corrected chi connectivity index (χ0v) is 12.7. The molecule has 0 saturated carbocycles. The van der Waals surface area contributed by atoms with Gasteiger partial charge in [-0.2, -0.15) is 0 Å². The summed E-state index contributed by atoms with van der Waals surface area (Å²) in [6.45, 7) is 7.15. The summed E-state index contributed by atoms with van der Waals surface area (Å²) in [5.74, 6) is -1.26. The first-order valence-corrected chi connectivity index (χ1v) is 7.18. The van der Waals surface area contributed by atoms with Crippen LogP contribution in [0.1, 0.15) is 45.2 Å². The first-order chi connectivity index (χ1) is 8.52. The fraction of sp³-hybridized carbons (Fsp3) is 0.571.